The molecule has 0 bridgehead atoms. The molecule has 3 atom stereocenters. The molecule has 2 aromatic carbocycles. The van der Waals surface area contributed by atoms with Crippen LogP contribution in [0.2, 0.25) is 16.6 Å². The van der Waals surface area contributed by atoms with E-state index < -0.39 is 16.2 Å². The molecule has 2 aromatic rings. The Balaban J connectivity index is 2.20. The van der Waals surface area contributed by atoms with Gasteiger partial charge in [0.05, 0.1) is 0 Å². The van der Waals surface area contributed by atoms with Crippen molar-refractivity contribution in [1.82, 2.24) is 0 Å². The molecule has 46 heavy (non-hydrogen) atoms. The maximum atomic E-state index is 7.19. The van der Waals surface area contributed by atoms with Gasteiger partial charge in [0.15, 0.2) is 8.32 Å². The van der Waals surface area contributed by atoms with Crippen LogP contribution in [0.3, 0.4) is 0 Å². The van der Waals surface area contributed by atoms with Crippen LogP contribution in [0.4, 0.5) is 0 Å². The van der Waals surface area contributed by atoms with E-state index in [1.807, 2.05) is 0 Å². The van der Waals surface area contributed by atoms with Crippen LogP contribution in [0.25, 0.3) is 0 Å². The van der Waals surface area contributed by atoms with Crippen molar-refractivity contribution in [2.24, 2.45) is 11.8 Å². The minimum absolute atomic E-state index is 0.529. The van der Waals surface area contributed by atoms with Crippen molar-refractivity contribution in [3.63, 3.8) is 0 Å². The first kappa shape index (κ1) is 39.5. The van der Waals surface area contributed by atoms with E-state index in [-0.39, 0.29) is 0 Å². The van der Waals surface area contributed by atoms with E-state index in [1.165, 1.54) is 54.4 Å². The minimum atomic E-state index is -1.87. The van der Waals surface area contributed by atoms with Crippen LogP contribution < -0.4 is 10.6 Å². The van der Waals surface area contributed by atoms with E-state index in [0.29, 0.717) is 46.0 Å². The predicted octanol–water partition coefficient (Wildman–Crippen LogP) is 13.4. The Morgan fingerprint density at radius 2 is 1.00 bits per heavy atom. The lowest BCUT2D eigenvalue weighted by molar-refractivity contribution is 0.262. The van der Waals surface area contributed by atoms with Gasteiger partial charge in [0, 0.05) is 6.61 Å². The minimum Gasteiger partial charge on any atom is -0.416 e. The topological polar surface area (TPSA) is 9.23 Å². The van der Waals surface area contributed by atoms with E-state index in [4.69, 9.17) is 4.43 Å². The average molecular weight is 665 g/mol. The normalized spacial score (nSPS) is 18.6. The van der Waals surface area contributed by atoms with Gasteiger partial charge in [-0.2, -0.15) is 0 Å². The third-order valence-corrected chi connectivity index (χ3v) is 20.7. The van der Waals surface area contributed by atoms with Gasteiger partial charge in [0.25, 0.3) is 0 Å². The monoisotopic (exact) mass is 665 g/mol. The molecule has 0 amide bonds. The molecule has 0 heterocycles. The molecule has 1 aliphatic carbocycles. The maximum absolute atomic E-state index is 7.19. The number of hydrogen-bond acceptors (Lipinski definition) is 1. The maximum Gasteiger partial charge on any atom is 0.200 e. The lowest BCUT2D eigenvalue weighted by Gasteiger charge is -2.42. The molecule has 0 spiro atoms. The molecular formula is C43H73OPSi. The van der Waals surface area contributed by atoms with Gasteiger partial charge in [-0.25, -0.2) is 0 Å². The SMILES string of the molecule is CC(C)c1cc(C(C)C)cc(P(c2cc(C(C)C)cc(C(C)C)c2)[C@H](CCCO[Si](C(C)C)(C(C)C)C(C)C)C2CCCC2C)c1. The molecule has 1 nitrogen and oxygen atoms in total. The summed E-state index contributed by atoms with van der Waals surface area (Å²) in [5, 5.41) is 3.25. The summed E-state index contributed by atoms with van der Waals surface area (Å²) in [5.41, 5.74) is 8.64. The Labute approximate surface area is 289 Å². The molecule has 3 heteroatoms. The van der Waals surface area contributed by atoms with Crippen LogP contribution in [-0.2, 0) is 4.43 Å². The smallest absolute Gasteiger partial charge is 0.200 e. The highest BCUT2D eigenvalue weighted by Gasteiger charge is 2.45. The lowest BCUT2D eigenvalue weighted by Crippen LogP contribution is -2.48. The van der Waals surface area contributed by atoms with E-state index >= 15 is 0 Å². The molecule has 0 aliphatic heterocycles. The van der Waals surface area contributed by atoms with Gasteiger partial charge in [-0.3, -0.25) is 0 Å². The van der Waals surface area contributed by atoms with Crippen LogP contribution >= 0.6 is 7.92 Å². The Kier molecular flexibility index (Phi) is 14.7. The first-order chi connectivity index (χ1) is 21.5. The van der Waals surface area contributed by atoms with Gasteiger partial charge in [0.1, 0.15) is 0 Å². The van der Waals surface area contributed by atoms with Gasteiger partial charge < -0.3 is 4.43 Å². The summed E-state index contributed by atoms with van der Waals surface area (Å²) in [6.07, 6.45) is 6.60. The lowest BCUT2D eigenvalue weighted by atomic mass is 9.92. The fourth-order valence-corrected chi connectivity index (χ4v) is 17.8. The van der Waals surface area contributed by atoms with Crippen molar-refractivity contribution in [2.45, 2.75) is 182 Å². The summed E-state index contributed by atoms with van der Waals surface area (Å²) in [7, 11) is -2.42. The molecule has 2 unspecified atom stereocenters. The fraction of sp³-hybridized carbons (Fsp3) is 0.721. The molecule has 1 fully saturated rings. The predicted molar refractivity (Wildman–Crippen MR) is 212 cm³/mol. The summed E-state index contributed by atoms with van der Waals surface area (Å²) in [5.74, 6) is 3.69. The summed E-state index contributed by atoms with van der Waals surface area (Å²) >= 11 is 0. The second kappa shape index (κ2) is 17.1. The quantitative estimate of drug-likeness (QED) is 0.0986. The molecule has 260 valence electrons. The highest BCUT2D eigenvalue weighted by atomic mass is 31.1. The Morgan fingerprint density at radius 3 is 1.30 bits per heavy atom. The van der Waals surface area contributed by atoms with Crippen molar-refractivity contribution in [1.29, 1.82) is 0 Å². The van der Waals surface area contributed by atoms with E-state index in [0.717, 1.165) is 18.4 Å². The molecular weight excluding hydrogens is 592 g/mol. The largest absolute Gasteiger partial charge is 0.416 e. The molecule has 0 radical (unpaired) electrons. The van der Waals surface area contributed by atoms with E-state index in [1.54, 1.807) is 10.6 Å². The molecule has 0 saturated heterocycles. The van der Waals surface area contributed by atoms with Crippen molar-refractivity contribution in [3.05, 3.63) is 58.7 Å². The Morgan fingerprint density at radius 1 is 0.609 bits per heavy atom. The van der Waals surface area contributed by atoms with Gasteiger partial charge in [-0.15, -0.1) is 0 Å². The molecule has 1 aliphatic rings. The summed E-state index contributed by atoms with van der Waals surface area (Å²) in [4.78, 5) is 0. The van der Waals surface area contributed by atoms with Crippen LogP contribution in [0, 0.1) is 11.8 Å². The van der Waals surface area contributed by atoms with Crippen LogP contribution in [-0.4, -0.2) is 20.6 Å². The van der Waals surface area contributed by atoms with Gasteiger partial charge >= 0.3 is 0 Å². The first-order valence-electron chi connectivity index (χ1n) is 19.2. The van der Waals surface area contributed by atoms with Gasteiger partial charge in [-0.05, 0) is 118 Å². The van der Waals surface area contributed by atoms with Crippen molar-refractivity contribution in [3.8, 4) is 0 Å². The molecule has 1 saturated carbocycles. The number of rotatable bonds is 16. The molecule has 0 N–H and O–H groups in total. The highest BCUT2D eigenvalue weighted by molar-refractivity contribution is 7.73. The van der Waals surface area contributed by atoms with Crippen LogP contribution in [0.1, 0.15) is 182 Å². The zero-order chi connectivity index (χ0) is 34.5. The average Bonchev–Trinajstić information content (AvgIpc) is 3.40. The summed E-state index contributed by atoms with van der Waals surface area (Å²) < 4.78 is 7.19. The standard InChI is InChI=1S/C43H73OPSi/c1-28(2)36-22-37(29(3)4)25-40(24-36)45(41-26-38(30(5)6)23-39(27-41)31(7)8)43(42-19-16-18-35(42)15)20-17-21-44-46(32(9)10,33(11)12)34(13)14/h22-35,42-43H,16-21H2,1-15H3/t35?,42?,43-/m1/s1. The van der Waals surface area contributed by atoms with Crippen LogP contribution in [0.15, 0.2) is 36.4 Å². The summed E-state index contributed by atoms with van der Waals surface area (Å²) in [6.45, 7) is 37.1. The van der Waals surface area contributed by atoms with E-state index in [2.05, 4.69) is 140 Å². The number of hydrogen-bond donors (Lipinski definition) is 0. The third kappa shape index (κ3) is 9.18. The Hall–Kier alpha value is -0.953. The molecule has 3 rings (SSSR count). The summed E-state index contributed by atoms with van der Waals surface area (Å²) in [6, 6.07) is 15.6. The van der Waals surface area contributed by atoms with E-state index in [9.17, 15) is 0 Å². The van der Waals surface area contributed by atoms with Gasteiger partial charge in [0.2, 0.25) is 0 Å². The first-order valence-corrected chi connectivity index (χ1v) is 22.8. The molecule has 0 aromatic heterocycles. The Bertz CT molecular complexity index is 1090. The zero-order valence-electron chi connectivity index (χ0n) is 32.8. The zero-order valence-corrected chi connectivity index (χ0v) is 34.7. The third-order valence-electron chi connectivity index (χ3n) is 11.6. The van der Waals surface area contributed by atoms with Crippen molar-refractivity contribution >= 4 is 26.8 Å². The van der Waals surface area contributed by atoms with Crippen LogP contribution in [0.5, 0.6) is 0 Å². The number of benzene rings is 2. The fourth-order valence-electron chi connectivity index (χ4n) is 8.78. The highest BCUT2D eigenvalue weighted by Crippen LogP contribution is 2.52. The van der Waals surface area contributed by atoms with Gasteiger partial charge in [-0.1, -0.05) is 153 Å². The van der Waals surface area contributed by atoms with Crippen molar-refractivity contribution < 1.29 is 4.43 Å². The van der Waals surface area contributed by atoms with Crippen molar-refractivity contribution in [2.75, 3.05) is 6.61 Å². The second-order valence-electron chi connectivity index (χ2n) is 17.2. The second-order valence-corrected chi connectivity index (χ2v) is 25.0.